The maximum Gasteiger partial charge on any atom is 0.318 e. The first kappa shape index (κ1) is 15.8. The lowest BCUT2D eigenvalue weighted by molar-refractivity contribution is -0.143. The van der Waals surface area contributed by atoms with Gasteiger partial charge in [0.2, 0.25) is 0 Å². The van der Waals surface area contributed by atoms with Crippen LogP contribution in [-0.4, -0.2) is 39.6 Å². The van der Waals surface area contributed by atoms with Crippen LogP contribution >= 0.6 is 11.3 Å². The summed E-state index contributed by atoms with van der Waals surface area (Å²) in [4.78, 5) is 29.4. The summed E-state index contributed by atoms with van der Waals surface area (Å²) < 4.78 is 0. The second-order valence-corrected chi connectivity index (χ2v) is 6.31. The second kappa shape index (κ2) is 6.89. The van der Waals surface area contributed by atoms with Gasteiger partial charge in [-0.2, -0.15) is 0 Å². The smallest absolute Gasteiger partial charge is 0.318 e. The van der Waals surface area contributed by atoms with Crippen LogP contribution < -0.4 is 5.32 Å². The fourth-order valence-corrected chi connectivity index (χ4v) is 3.45. The molecule has 2 amide bonds. The molecule has 0 saturated carbocycles. The van der Waals surface area contributed by atoms with Gasteiger partial charge in [0.05, 0.1) is 12.0 Å². The number of carboxylic acids is 1. The Balaban J connectivity index is 1.95. The number of carbonyl (C=O) groups is 2. The lowest BCUT2D eigenvalue weighted by Gasteiger charge is -2.36. The summed E-state index contributed by atoms with van der Waals surface area (Å²) >= 11 is 1.53. The van der Waals surface area contributed by atoms with Gasteiger partial charge in [-0.05, 0) is 26.2 Å². The standard InChI is InChI=1S/C14H21N3O3S/c1-3-11(12-15-5-7-21-12)16-14(20)17-6-4-10(13(18)19)8-9(17)2/h5,7,9-11H,3-4,6,8H2,1-2H3,(H,16,20)(H,18,19). The molecule has 0 spiro atoms. The molecule has 0 aromatic carbocycles. The van der Waals surface area contributed by atoms with Gasteiger partial charge in [-0.25, -0.2) is 9.78 Å². The highest BCUT2D eigenvalue weighted by atomic mass is 32.1. The zero-order chi connectivity index (χ0) is 15.4. The summed E-state index contributed by atoms with van der Waals surface area (Å²) in [6.45, 7) is 4.39. The predicted molar refractivity (Wildman–Crippen MR) is 80.2 cm³/mol. The molecule has 1 aliphatic heterocycles. The van der Waals surface area contributed by atoms with Crippen LogP contribution in [-0.2, 0) is 4.79 Å². The van der Waals surface area contributed by atoms with E-state index in [9.17, 15) is 9.59 Å². The van der Waals surface area contributed by atoms with Gasteiger partial charge in [-0.15, -0.1) is 11.3 Å². The molecule has 2 heterocycles. The Labute approximate surface area is 128 Å². The fourth-order valence-electron chi connectivity index (χ4n) is 2.68. The van der Waals surface area contributed by atoms with Crippen LogP contribution in [0.1, 0.15) is 44.2 Å². The van der Waals surface area contributed by atoms with E-state index in [-0.39, 0.29) is 24.0 Å². The zero-order valence-electron chi connectivity index (χ0n) is 12.3. The van der Waals surface area contributed by atoms with Crippen LogP contribution in [0.15, 0.2) is 11.6 Å². The summed E-state index contributed by atoms with van der Waals surface area (Å²) in [5, 5.41) is 14.9. The highest BCUT2D eigenvalue weighted by Crippen LogP contribution is 2.24. The number of rotatable bonds is 4. The van der Waals surface area contributed by atoms with Crippen LogP contribution in [0.25, 0.3) is 0 Å². The van der Waals surface area contributed by atoms with Gasteiger partial charge in [0.15, 0.2) is 0 Å². The van der Waals surface area contributed by atoms with E-state index in [0.717, 1.165) is 11.4 Å². The molecule has 2 N–H and O–H groups in total. The molecule has 7 heteroatoms. The van der Waals surface area contributed by atoms with Crippen molar-refractivity contribution in [3.8, 4) is 0 Å². The molecule has 0 radical (unpaired) electrons. The highest BCUT2D eigenvalue weighted by molar-refractivity contribution is 7.09. The van der Waals surface area contributed by atoms with Crippen molar-refractivity contribution in [3.63, 3.8) is 0 Å². The van der Waals surface area contributed by atoms with Crippen molar-refractivity contribution in [2.75, 3.05) is 6.54 Å². The zero-order valence-corrected chi connectivity index (χ0v) is 13.1. The molecule has 6 nitrogen and oxygen atoms in total. The van der Waals surface area contributed by atoms with Gasteiger partial charge < -0.3 is 15.3 Å². The van der Waals surface area contributed by atoms with Gasteiger partial charge in [0.25, 0.3) is 0 Å². The van der Waals surface area contributed by atoms with Gasteiger partial charge >= 0.3 is 12.0 Å². The van der Waals surface area contributed by atoms with Crippen molar-refractivity contribution in [3.05, 3.63) is 16.6 Å². The van der Waals surface area contributed by atoms with Crippen LogP contribution in [0.5, 0.6) is 0 Å². The van der Waals surface area contributed by atoms with Crippen LogP contribution in [0, 0.1) is 5.92 Å². The molecule has 1 aromatic heterocycles. The Hall–Kier alpha value is -1.63. The van der Waals surface area contributed by atoms with E-state index >= 15 is 0 Å². The van der Waals surface area contributed by atoms with Gasteiger partial charge in [0.1, 0.15) is 5.01 Å². The lowest BCUT2D eigenvalue weighted by atomic mass is 9.92. The molecule has 1 aliphatic rings. The van der Waals surface area contributed by atoms with E-state index in [1.165, 1.54) is 11.3 Å². The molecule has 116 valence electrons. The largest absolute Gasteiger partial charge is 0.481 e. The third kappa shape index (κ3) is 3.72. The number of hydrogen-bond acceptors (Lipinski definition) is 4. The Morgan fingerprint density at radius 2 is 2.38 bits per heavy atom. The number of urea groups is 1. The Kier molecular flexibility index (Phi) is 5.17. The Bertz CT molecular complexity index is 492. The van der Waals surface area contributed by atoms with E-state index in [2.05, 4.69) is 10.3 Å². The van der Waals surface area contributed by atoms with Crippen molar-refractivity contribution >= 4 is 23.3 Å². The molecule has 1 fully saturated rings. The molecule has 21 heavy (non-hydrogen) atoms. The van der Waals surface area contributed by atoms with E-state index < -0.39 is 5.97 Å². The minimum absolute atomic E-state index is 0.0614. The molecule has 3 unspecified atom stereocenters. The van der Waals surface area contributed by atoms with Crippen molar-refractivity contribution in [2.24, 2.45) is 5.92 Å². The van der Waals surface area contributed by atoms with Gasteiger partial charge in [-0.1, -0.05) is 6.92 Å². The third-order valence-corrected chi connectivity index (χ3v) is 4.83. The van der Waals surface area contributed by atoms with Gasteiger partial charge in [0, 0.05) is 24.2 Å². The van der Waals surface area contributed by atoms with Gasteiger partial charge in [-0.3, -0.25) is 4.79 Å². The first-order valence-corrected chi connectivity index (χ1v) is 8.10. The first-order chi connectivity index (χ1) is 10.0. The van der Waals surface area contributed by atoms with E-state index in [4.69, 9.17) is 5.11 Å². The summed E-state index contributed by atoms with van der Waals surface area (Å²) in [6.07, 6.45) is 3.53. The van der Waals surface area contributed by atoms with Crippen molar-refractivity contribution in [1.82, 2.24) is 15.2 Å². The second-order valence-electron chi connectivity index (χ2n) is 5.38. The van der Waals surface area contributed by atoms with Crippen molar-refractivity contribution < 1.29 is 14.7 Å². The number of nitrogens with zero attached hydrogens (tertiary/aromatic N) is 2. The summed E-state index contributed by atoms with van der Waals surface area (Å²) in [5.74, 6) is -1.11. The van der Waals surface area contributed by atoms with E-state index in [1.807, 2.05) is 19.2 Å². The van der Waals surface area contributed by atoms with Crippen LogP contribution in [0.4, 0.5) is 4.79 Å². The maximum absolute atomic E-state index is 12.4. The SMILES string of the molecule is CCC(NC(=O)N1CCC(C(=O)O)CC1C)c1nccs1. The molecular weight excluding hydrogens is 290 g/mol. The number of piperidine rings is 1. The number of thiazole rings is 1. The van der Waals surface area contributed by atoms with E-state index in [1.54, 1.807) is 11.1 Å². The normalized spacial score (nSPS) is 23.6. The molecule has 1 saturated heterocycles. The number of aromatic nitrogens is 1. The number of carboxylic acid groups (broad SMARTS) is 1. The van der Waals surface area contributed by atoms with Crippen LogP contribution in [0.3, 0.4) is 0 Å². The lowest BCUT2D eigenvalue weighted by Crippen LogP contribution is -2.50. The number of hydrogen-bond donors (Lipinski definition) is 2. The number of nitrogens with one attached hydrogen (secondary N) is 1. The first-order valence-electron chi connectivity index (χ1n) is 7.22. The fraction of sp³-hybridized carbons (Fsp3) is 0.643. The monoisotopic (exact) mass is 311 g/mol. The summed E-state index contributed by atoms with van der Waals surface area (Å²) in [5.41, 5.74) is 0. The minimum Gasteiger partial charge on any atom is -0.481 e. The summed E-state index contributed by atoms with van der Waals surface area (Å²) in [6, 6.07) is -0.274. The number of likely N-dealkylation sites (tertiary alicyclic amines) is 1. The molecular formula is C14H21N3O3S. The number of amides is 2. The third-order valence-electron chi connectivity index (χ3n) is 3.94. The molecule has 2 rings (SSSR count). The Morgan fingerprint density at radius 3 is 2.90 bits per heavy atom. The topological polar surface area (TPSA) is 82.5 Å². The summed E-state index contributed by atoms with van der Waals surface area (Å²) in [7, 11) is 0. The quantitative estimate of drug-likeness (QED) is 0.895. The van der Waals surface area contributed by atoms with E-state index in [0.29, 0.717) is 19.4 Å². The highest BCUT2D eigenvalue weighted by Gasteiger charge is 2.33. The molecule has 0 bridgehead atoms. The number of aliphatic carboxylic acids is 1. The molecule has 1 aromatic rings. The number of carbonyl (C=O) groups excluding carboxylic acids is 1. The molecule has 3 atom stereocenters. The Morgan fingerprint density at radius 1 is 1.62 bits per heavy atom. The van der Waals surface area contributed by atoms with Crippen LogP contribution in [0.2, 0.25) is 0 Å². The maximum atomic E-state index is 12.4. The predicted octanol–water partition coefficient (Wildman–Crippen LogP) is 2.49. The minimum atomic E-state index is -0.767. The van der Waals surface area contributed by atoms with Crippen molar-refractivity contribution in [2.45, 2.75) is 45.2 Å². The molecule has 0 aliphatic carbocycles. The average Bonchev–Trinajstić information content (AvgIpc) is 2.98. The average molecular weight is 311 g/mol. The van der Waals surface area contributed by atoms with Crippen molar-refractivity contribution in [1.29, 1.82) is 0 Å².